The van der Waals surface area contributed by atoms with Crippen molar-refractivity contribution < 1.29 is 4.79 Å². The van der Waals surface area contributed by atoms with Crippen LogP contribution in [0.25, 0.3) is 0 Å². The van der Waals surface area contributed by atoms with E-state index in [2.05, 4.69) is 47.5 Å². The van der Waals surface area contributed by atoms with Crippen LogP contribution in [0, 0.1) is 6.92 Å². The van der Waals surface area contributed by atoms with Crippen molar-refractivity contribution >= 4 is 49.3 Å². The molecular weight excluding hydrogens is 398 g/mol. The Balaban J connectivity index is 2.29. The van der Waals surface area contributed by atoms with Crippen LogP contribution in [-0.4, -0.2) is 17.4 Å². The Kier molecular flexibility index (Phi) is 5.36. The maximum Gasteiger partial charge on any atom is 0.259 e. The Morgan fingerprint density at radius 1 is 1.29 bits per heavy atom. The van der Waals surface area contributed by atoms with Crippen molar-refractivity contribution in [2.45, 2.75) is 13.8 Å². The van der Waals surface area contributed by atoms with Gasteiger partial charge in [-0.25, -0.2) is 4.98 Å². The van der Waals surface area contributed by atoms with E-state index in [1.807, 2.05) is 32.0 Å². The van der Waals surface area contributed by atoms with Crippen LogP contribution in [0.4, 0.5) is 11.5 Å². The molecule has 6 heteroatoms. The topological polar surface area (TPSA) is 54.0 Å². The summed E-state index contributed by atoms with van der Waals surface area (Å²) in [5.74, 6) is 0.366. The number of amides is 1. The van der Waals surface area contributed by atoms with Gasteiger partial charge in [0.05, 0.1) is 11.3 Å². The van der Waals surface area contributed by atoms with Crippen LogP contribution in [0.5, 0.6) is 0 Å². The number of halogens is 2. The average Bonchev–Trinajstić information content (AvgIpc) is 2.44. The summed E-state index contributed by atoms with van der Waals surface area (Å²) >= 11 is 6.80. The molecule has 0 saturated heterocycles. The highest BCUT2D eigenvalue weighted by Crippen LogP contribution is 2.25. The minimum absolute atomic E-state index is 0.204. The van der Waals surface area contributed by atoms with Crippen LogP contribution in [-0.2, 0) is 0 Å². The van der Waals surface area contributed by atoms with Gasteiger partial charge in [0, 0.05) is 21.7 Å². The fourth-order valence-electron chi connectivity index (χ4n) is 1.83. The SMILES string of the molecule is CCNc1ncc(Br)cc1C(=O)Nc1ccc(C)cc1Br. The molecular formula is C15H15Br2N3O. The lowest BCUT2D eigenvalue weighted by molar-refractivity contribution is 0.102. The Morgan fingerprint density at radius 3 is 2.71 bits per heavy atom. The molecule has 0 aliphatic carbocycles. The van der Waals surface area contributed by atoms with Gasteiger partial charge in [0.1, 0.15) is 5.82 Å². The highest BCUT2D eigenvalue weighted by Gasteiger charge is 2.14. The first-order valence-corrected chi connectivity index (χ1v) is 8.06. The van der Waals surface area contributed by atoms with Gasteiger partial charge in [-0.15, -0.1) is 0 Å². The Bertz CT molecular complexity index is 674. The second-order valence-corrected chi connectivity index (χ2v) is 6.29. The molecule has 1 aromatic heterocycles. The molecule has 2 rings (SSSR count). The average molecular weight is 413 g/mol. The molecule has 1 heterocycles. The van der Waals surface area contributed by atoms with Crippen molar-refractivity contribution in [2.75, 3.05) is 17.2 Å². The minimum Gasteiger partial charge on any atom is -0.370 e. The molecule has 2 N–H and O–H groups in total. The van der Waals surface area contributed by atoms with Crippen LogP contribution in [0.2, 0.25) is 0 Å². The lowest BCUT2D eigenvalue weighted by Crippen LogP contribution is -2.16. The van der Waals surface area contributed by atoms with E-state index in [1.54, 1.807) is 12.3 Å². The Hall–Kier alpha value is -1.40. The molecule has 0 aliphatic heterocycles. The van der Waals surface area contributed by atoms with Crippen molar-refractivity contribution in [3.63, 3.8) is 0 Å². The van der Waals surface area contributed by atoms with Gasteiger partial charge in [0.2, 0.25) is 0 Å². The first-order chi connectivity index (χ1) is 10.0. The second kappa shape index (κ2) is 7.04. The quantitative estimate of drug-likeness (QED) is 0.771. The van der Waals surface area contributed by atoms with E-state index >= 15 is 0 Å². The number of aryl methyl sites for hydroxylation is 1. The third-order valence-corrected chi connectivity index (χ3v) is 3.91. The number of hydrogen-bond acceptors (Lipinski definition) is 3. The molecule has 0 spiro atoms. The first kappa shape index (κ1) is 16.0. The van der Waals surface area contributed by atoms with E-state index in [0.717, 1.165) is 20.2 Å². The van der Waals surface area contributed by atoms with Crippen molar-refractivity contribution in [2.24, 2.45) is 0 Å². The molecule has 0 bridgehead atoms. The number of aromatic nitrogens is 1. The van der Waals surface area contributed by atoms with Gasteiger partial charge in [0.15, 0.2) is 0 Å². The van der Waals surface area contributed by atoms with Crippen molar-refractivity contribution in [1.29, 1.82) is 0 Å². The van der Waals surface area contributed by atoms with Gasteiger partial charge in [-0.1, -0.05) is 6.07 Å². The zero-order valence-corrected chi connectivity index (χ0v) is 14.9. The maximum atomic E-state index is 12.5. The number of benzene rings is 1. The third-order valence-electron chi connectivity index (χ3n) is 2.82. The lowest BCUT2D eigenvalue weighted by atomic mass is 10.2. The van der Waals surface area contributed by atoms with Crippen LogP contribution in [0.3, 0.4) is 0 Å². The summed E-state index contributed by atoms with van der Waals surface area (Å²) in [4.78, 5) is 16.7. The zero-order valence-electron chi connectivity index (χ0n) is 11.7. The van der Waals surface area contributed by atoms with Crippen molar-refractivity contribution in [1.82, 2.24) is 4.98 Å². The van der Waals surface area contributed by atoms with E-state index < -0.39 is 0 Å². The van der Waals surface area contributed by atoms with E-state index in [9.17, 15) is 4.79 Å². The molecule has 0 atom stereocenters. The number of hydrogen-bond donors (Lipinski definition) is 2. The largest absolute Gasteiger partial charge is 0.370 e. The summed E-state index contributed by atoms with van der Waals surface area (Å²) in [6.45, 7) is 4.66. The number of pyridine rings is 1. The molecule has 0 unspecified atom stereocenters. The monoisotopic (exact) mass is 411 g/mol. The molecule has 0 radical (unpaired) electrons. The molecule has 2 aromatic rings. The molecule has 4 nitrogen and oxygen atoms in total. The molecule has 110 valence electrons. The van der Waals surface area contributed by atoms with Gasteiger partial charge in [-0.2, -0.15) is 0 Å². The van der Waals surface area contributed by atoms with Gasteiger partial charge < -0.3 is 10.6 Å². The first-order valence-electron chi connectivity index (χ1n) is 6.48. The van der Waals surface area contributed by atoms with Gasteiger partial charge >= 0.3 is 0 Å². The van der Waals surface area contributed by atoms with Gasteiger partial charge in [0.25, 0.3) is 5.91 Å². The summed E-state index contributed by atoms with van der Waals surface area (Å²) < 4.78 is 1.61. The van der Waals surface area contributed by atoms with Gasteiger partial charge in [-0.3, -0.25) is 4.79 Å². The standard InChI is InChI=1S/C15H15Br2N3O/c1-3-18-14-11(7-10(16)8-19-14)15(21)20-13-5-4-9(2)6-12(13)17/h4-8H,3H2,1-2H3,(H,18,19)(H,20,21). The smallest absolute Gasteiger partial charge is 0.259 e. The highest BCUT2D eigenvalue weighted by molar-refractivity contribution is 9.10. The van der Waals surface area contributed by atoms with Gasteiger partial charge in [-0.05, 0) is 69.5 Å². The molecule has 0 saturated carbocycles. The second-order valence-electron chi connectivity index (χ2n) is 4.52. The summed E-state index contributed by atoms with van der Waals surface area (Å²) in [6.07, 6.45) is 1.66. The molecule has 21 heavy (non-hydrogen) atoms. The lowest BCUT2D eigenvalue weighted by Gasteiger charge is -2.12. The maximum absolute atomic E-state index is 12.5. The minimum atomic E-state index is -0.204. The summed E-state index contributed by atoms with van der Waals surface area (Å²) in [5.41, 5.74) is 2.35. The van der Waals surface area contributed by atoms with Crippen LogP contribution < -0.4 is 10.6 Å². The van der Waals surface area contributed by atoms with E-state index in [1.165, 1.54) is 0 Å². The van der Waals surface area contributed by atoms with Crippen LogP contribution >= 0.6 is 31.9 Å². The zero-order chi connectivity index (χ0) is 15.4. The summed E-state index contributed by atoms with van der Waals surface area (Å²) in [7, 11) is 0. The number of nitrogens with one attached hydrogen (secondary N) is 2. The van der Waals surface area contributed by atoms with E-state index in [-0.39, 0.29) is 5.91 Å². The summed E-state index contributed by atoms with van der Waals surface area (Å²) in [5, 5.41) is 5.98. The molecule has 0 fully saturated rings. The number of carbonyl (C=O) groups is 1. The Morgan fingerprint density at radius 2 is 2.05 bits per heavy atom. The number of carbonyl (C=O) groups excluding carboxylic acids is 1. The summed E-state index contributed by atoms with van der Waals surface area (Å²) in [6, 6.07) is 7.53. The van der Waals surface area contributed by atoms with Crippen LogP contribution in [0.1, 0.15) is 22.8 Å². The molecule has 1 amide bonds. The Labute approximate surface area is 140 Å². The van der Waals surface area contributed by atoms with Crippen molar-refractivity contribution in [3.05, 3.63) is 50.5 Å². The third kappa shape index (κ3) is 4.04. The molecule has 1 aromatic carbocycles. The fourth-order valence-corrected chi connectivity index (χ4v) is 2.76. The fraction of sp³-hybridized carbons (Fsp3) is 0.200. The number of rotatable bonds is 4. The molecule has 0 aliphatic rings. The van der Waals surface area contributed by atoms with Crippen LogP contribution in [0.15, 0.2) is 39.4 Å². The predicted octanol–water partition coefficient (Wildman–Crippen LogP) is 4.60. The normalized spacial score (nSPS) is 10.3. The van der Waals surface area contributed by atoms with Crippen molar-refractivity contribution in [3.8, 4) is 0 Å². The number of anilines is 2. The van der Waals surface area contributed by atoms with E-state index in [0.29, 0.717) is 17.9 Å². The number of nitrogens with zero attached hydrogens (tertiary/aromatic N) is 1. The van der Waals surface area contributed by atoms with E-state index in [4.69, 9.17) is 0 Å². The predicted molar refractivity (Wildman–Crippen MR) is 92.9 cm³/mol. The highest BCUT2D eigenvalue weighted by atomic mass is 79.9.